The molecule has 0 aliphatic rings. The number of nitrogens with zero attached hydrogens (tertiary/aromatic N) is 3. The highest BCUT2D eigenvalue weighted by Crippen LogP contribution is 2.30. The molecule has 0 saturated carbocycles. The van der Waals surface area contributed by atoms with Gasteiger partial charge in [-0.05, 0) is 12.0 Å². The van der Waals surface area contributed by atoms with E-state index in [4.69, 9.17) is 10.5 Å². The number of carbonyl (C=O) groups excluding carboxylic acids is 1. The number of aromatic nitrogens is 2. The number of primary amides is 1. The zero-order chi connectivity index (χ0) is 16.4. The summed E-state index contributed by atoms with van der Waals surface area (Å²) in [6.07, 6.45) is 3.47. The van der Waals surface area contributed by atoms with Crippen LogP contribution in [0.25, 0.3) is 5.69 Å². The third-order valence-corrected chi connectivity index (χ3v) is 3.50. The number of carbonyl (C=O) groups is 1. The topological polar surface area (TPSA) is 73.4 Å². The van der Waals surface area contributed by atoms with Crippen molar-refractivity contribution in [2.75, 3.05) is 26.1 Å². The van der Waals surface area contributed by atoms with Crippen molar-refractivity contribution in [2.24, 2.45) is 5.73 Å². The molecule has 0 radical (unpaired) electrons. The lowest BCUT2D eigenvalue weighted by Crippen LogP contribution is -2.12. The number of hydrogen-bond donors (Lipinski definition) is 1. The van der Waals surface area contributed by atoms with E-state index < -0.39 is 5.91 Å². The van der Waals surface area contributed by atoms with E-state index in [-0.39, 0.29) is 5.92 Å². The number of methoxy groups -OCH3 is 1. The van der Waals surface area contributed by atoms with Crippen LogP contribution >= 0.6 is 0 Å². The summed E-state index contributed by atoms with van der Waals surface area (Å²) >= 11 is 0. The zero-order valence-corrected chi connectivity index (χ0v) is 13.6. The van der Waals surface area contributed by atoms with Crippen molar-refractivity contribution in [3.05, 3.63) is 35.8 Å². The summed E-state index contributed by atoms with van der Waals surface area (Å²) in [6.45, 7) is 4.12. The molecule has 22 heavy (non-hydrogen) atoms. The van der Waals surface area contributed by atoms with Gasteiger partial charge in [0.05, 0.1) is 18.9 Å². The van der Waals surface area contributed by atoms with Crippen molar-refractivity contribution < 1.29 is 9.53 Å². The quantitative estimate of drug-likeness (QED) is 0.918. The van der Waals surface area contributed by atoms with Gasteiger partial charge in [0.15, 0.2) is 0 Å². The zero-order valence-electron chi connectivity index (χ0n) is 13.6. The van der Waals surface area contributed by atoms with Crippen molar-refractivity contribution in [2.45, 2.75) is 19.8 Å². The molecule has 2 rings (SSSR count). The van der Waals surface area contributed by atoms with Crippen LogP contribution in [-0.4, -0.2) is 36.7 Å². The van der Waals surface area contributed by atoms with E-state index >= 15 is 0 Å². The van der Waals surface area contributed by atoms with Crippen LogP contribution < -0.4 is 15.4 Å². The second-order valence-electron chi connectivity index (χ2n) is 5.65. The molecule has 118 valence electrons. The molecule has 2 N–H and O–H groups in total. The van der Waals surface area contributed by atoms with E-state index in [1.54, 1.807) is 19.5 Å². The van der Waals surface area contributed by atoms with E-state index in [9.17, 15) is 4.79 Å². The maximum absolute atomic E-state index is 11.5. The third kappa shape index (κ3) is 2.90. The number of nitrogens with two attached hydrogens (primary N) is 1. The molecule has 0 saturated heterocycles. The Kier molecular flexibility index (Phi) is 4.40. The minimum absolute atomic E-state index is 0.228. The maximum Gasteiger partial charge on any atom is 0.250 e. The predicted octanol–water partition coefficient (Wildman–Crippen LogP) is 2.17. The van der Waals surface area contributed by atoms with Gasteiger partial charge in [0.1, 0.15) is 17.3 Å². The van der Waals surface area contributed by atoms with Gasteiger partial charge in [0, 0.05) is 32.1 Å². The Morgan fingerprint density at radius 2 is 2.05 bits per heavy atom. The van der Waals surface area contributed by atoms with Gasteiger partial charge in [-0.25, -0.2) is 4.98 Å². The molecule has 0 atom stereocenters. The van der Waals surface area contributed by atoms with Gasteiger partial charge in [-0.3, -0.25) is 4.79 Å². The van der Waals surface area contributed by atoms with E-state index in [2.05, 4.69) is 18.8 Å². The molecular weight excluding hydrogens is 280 g/mol. The Morgan fingerprint density at radius 1 is 1.36 bits per heavy atom. The lowest BCUT2D eigenvalue weighted by atomic mass is 10.1. The molecule has 0 spiro atoms. The maximum atomic E-state index is 11.5. The summed E-state index contributed by atoms with van der Waals surface area (Å²) in [7, 11) is 5.45. The fourth-order valence-electron chi connectivity index (χ4n) is 2.28. The largest absolute Gasteiger partial charge is 0.494 e. The van der Waals surface area contributed by atoms with E-state index in [0.717, 1.165) is 17.2 Å². The predicted molar refractivity (Wildman–Crippen MR) is 87.0 cm³/mol. The molecule has 2 aromatic rings. The number of ether oxygens (including phenoxy) is 1. The van der Waals surface area contributed by atoms with Gasteiger partial charge < -0.3 is 19.9 Å². The van der Waals surface area contributed by atoms with Crippen LogP contribution in [-0.2, 0) is 0 Å². The summed E-state index contributed by atoms with van der Waals surface area (Å²) in [6, 6.07) is 3.68. The summed E-state index contributed by atoms with van der Waals surface area (Å²) in [4.78, 5) is 17.8. The highest BCUT2D eigenvalue weighted by molar-refractivity contribution is 5.93. The lowest BCUT2D eigenvalue weighted by molar-refractivity contribution is 0.100. The molecule has 0 aliphatic heterocycles. The third-order valence-electron chi connectivity index (χ3n) is 3.50. The van der Waals surface area contributed by atoms with Gasteiger partial charge in [-0.1, -0.05) is 13.8 Å². The number of amides is 1. The van der Waals surface area contributed by atoms with E-state index in [1.165, 1.54) is 0 Å². The van der Waals surface area contributed by atoms with Crippen LogP contribution in [0.2, 0.25) is 0 Å². The second kappa shape index (κ2) is 6.09. The van der Waals surface area contributed by atoms with Crippen molar-refractivity contribution in [1.29, 1.82) is 0 Å². The minimum atomic E-state index is -0.447. The van der Waals surface area contributed by atoms with Gasteiger partial charge in [0.25, 0.3) is 0 Å². The SMILES string of the molecule is COc1cc(N(C)C)ncc1-n1cc(C(N)=O)cc1C(C)C. The summed E-state index contributed by atoms with van der Waals surface area (Å²) in [5.74, 6) is 1.27. The number of hydrogen-bond acceptors (Lipinski definition) is 4. The first-order chi connectivity index (χ1) is 10.3. The normalized spacial score (nSPS) is 10.8. The monoisotopic (exact) mass is 302 g/mol. The molecule has 2 heterocycles. The molecule has 6 nitrogen and oxygen atoms in total. The van der Waals surface area contributed by atoms with E-state index in [0.29, 0.717) is 11.3 Å². The number of anilines is 1. The second-order valence-corrected chi connectivity index (χ2v) is 5.65. The Morgan fingerprint density at radius 3 is 2.55 bits per heavy atom. The first-order valence-corrected chi connectivity index (χ1v) is 7.09. The lowest BCUT2D eigenvalue weighted by Gasteiger charge is -2.17. The highest BCUT2D eigenvalue weighted by Gasteiger charge is 2.17. The molecule has 2 aromatic heterocycles. The smallest absolute Gasteiger partial charge is 0.250 e. The fourth-order valence-corrected chi connectivity index (χ4v) is 2.28. The Bertz CT molecular complexity index is 689. The minimum Gasteiger partial charge on any atom is -0.494 e. The van der Waals surface area contributed by atoms with Crippen molar-refractivity contribution in [1.82, 2.24) is 9.55 Å². The van der Waals surface area contributed by atoms with Crippen molar-refractivity contribution >= 4 is 11.7 Å². The van der Waals surface area contributed by atoms with E-state index in [1.807, 2.05) is 35.7 Å². The molecule has 0 unspecified atom stereocenters. The molecule has 6 heteroatoms. The summed E-state index contributed by atoms with van der Waals surface area (Å²) < 4.78 is 7.40. The number of rotatable bonds is 5. The van der Waals surface area contributed by atoms with Crippen LogP contribution in [0.1, 0.15) is 35.8 Å². The summed E-state index contributed by atoms with van der Waals surface area (Å²) in [5.41, 5.74) is 7.64. The first kappa shape index (κ1) is 15.9. The first-order valence-electron chi connectivity index (χ1n) is 7.09. The Hall–Kier alpha value is -2.50. The fraction of sp³-hybridized carbons (Fsp3) is 0.375. The van der Waals surface area contributed by atoms with Crippen molar-refractivity contribution in [3.63, 3.8) is 0 Å². The molecule has 0 aliphatic carbocycles. The van der Waals surface area contributed by atoms with Gasteiger partial charge in [-0.2, -0.15) is 0 Å². The van der Waals surface area contributed by atoms with Gasteiger partial charge >= 0.3 is 0 Å². The molecule has 1 amide bonds. The van der Waals surface area contributed by atoms with Crippen LogP contribution in [0.15, 0.2) is 24.5 Å². The molecule has 0 fully saturated rings. The van der Waals surface area contributed by atoms with Gasteiger partial charge in [0.2, 0.25) is 5.91 Å². The van der Waals surface area contributed by atoms with Crippen LogP contribution in [0.3, 0.4) is 0 Å². The van der Waals surface area contributed by atoms with Crippen LogP contribution in [0, 0.1) is 0 Å². The molecule has 0 bridgehead atoms. The average Bonchev–Trinajstić information content (AvgIpc) is 2.91. The highest BCUT2D eigenvalue weighted by atomic mass is 16.5. The average molecular weight is 302 g/mol. The summed E-state index contributed by atoms with van der Waals surface area (Å²) in [5, 5.41) is 0. The van der Waals surface area contributed by atoms with Crippen LogP contribution in [0.4, 0.5) is 5.82 Å². The molecular formula is C16H22N4O2. The standard InChI is InChI=1S/C16H22N4O2/c1-10(2)12-6-11(16(17)21)9-20(12)13-8-18-15(19(3)4)7-14(13)22-5/h6-10H,1-5H3,(H2,17,21). The number of pyridine rings is 1. The van der Waals surface area contributed by atoms with Crippen molar-refractivity contribution in [3.8, 4) is 11.4 Å². The van der Waals surface area contributed by atoms with Crippen LogP contribution in [0.5, 0.6) is 5.75 Å². The van der Waals surface area contributed by atoms with Gasteiger partial charge in [-0.15, -0.1) is 0 Å². The Labute approximate surface area is 130 Å². The molecule has 0 aromatic carbocycles. The Balaban J connectivity index is 2.62.